The van der Waals surface area contributed by atoms with E-state index in [0.29, 0.717) is 12.8 Å². The van der Waals surface area contributed by atoms with E-state index >= 15 is 0 Å². The van der Waals surface area contributed by atoms with Crippen molar-refractivity contribution in [3.05, 3.63) is 29.8 Å². The molecule has 112 valence electrons. The van der Waals surface area contributed by atoms with Gasteiger partial charge in [-0.1, -0.05) is 18.9 Å². The Morgan fingerprint density at radius 2 is 1.75 bits per heavy atom. The number of halogens is 3. The Hall–Kier alpha value is -0.880. The summed E-state index contributed by atoms with van der Waals surface area (Å²) in [6.45, 7) is -0.0587. The van der Waals surface area contributed by atoms with Gasteiger partial charge < -0.3 is 4.74 Å². The minimum absolute atomic E-state index is 0.0587. The van der Waals surface area contributed by atoms with Gasteiger partial charge in [0.1, 0.15) is 0 Å². The molecule has 2 rings (SSSR count). The van der Waals surface area contributed by atoms with Crippen LogP contribution >= 0.6 is 10.7 Å². The first kappa shape index (κ1) is 15.5. The van der Waals surface area contributed by atoms with Crippen LogP contribution in [0.4, 0.5) is 8.78 Å². The summed E-state index contributed by atoms with van der Waals surface area (Å²) in [4.78, 5) is 0. The Labute approximate surface area is 121 Å². The van der Waals surface area contributed by atoms with Crippen LogP contribution in [0.15, 0.2) is 18.2 Å². The summed E-state index contributed by atoms with van der Waals surface area (Å²) in [5, 5.41) is 0. The van der Waals surface area contributed by atoms with Crippen molar-refractivity contribution in [1.29, 1.82) is 0 Å². The molecular formula is C13H15ClF2O3S. The highest BCUT2D eigenvalue weighted by molar-refractivity contribution is 8.13. The van der Waals surface area contributed by atoms with Crippen LogP contribution in [0.2, 0.25) is 0 Å². The molecule has 0 aliphatic heterocycles. The fourth-order valence-electron chi connectivity index (χ4n) is 2.67. The van der Waals surface area contributed by atoms with Crippen molar-refractivity contribution in [1.82, 2.24) is 0 Å². The minimum Gasteiger partial charge on any atom is -0.487 e. The quantitative estimate of drug-likeness (QED) is 0.779. The molecule has 1 aromatic carbocycles. The number of hydrogen-bond donors (Lipinski definition) is 0. The molecule has 1 saturated carbocycles. The van der Waals surface area contributed by atoms with Gasteiger partial charge in [-0.3, -0.25) is 0 Å². The third kappa shape index (κ3) is 3.82. The van der Waals surface area contributed by atoms with Gasteiger partial charge in [0.05, 0.1) is 12.4 Å². The van der Waals surface area contributed by atoms with Gasteiger partial charge in [0, 0.05) is 16.1 Å². The maximum absolute atomic E-state index is 13.5. The van der Waals surface area contributed by atoms with E-state index in [0.717, 1.165) is 25.0 Å². The molecule has 1 aliphatic carbocycles. The zero-order chi connectivity index (χ0) is 14.8. The highest BCUT2D eigenvalue weighted by atomic mass is 35.7. The summed E-state index contributed by atoms with van der Waals surface area (Å²) in [6.07, 6.45) is 2.95. The predicted molar refractivity (Wildman–Crippen MR) is 72.4 cm³/mol. The monoisotopic (exact) mass is 324 g/mol. The van der Waals surface area contributed by atoms with Gasteiger partial charge in [0.25, 0.3) is 0 Å². The average molecular weight is 325 g/mol. The highest BCUT2D eigenvalue weighted by Crippen LogP contribution is 2.40. The highest BCUT2D eigenvalue weighted by Gasteiger charge is 2.39. The van der Waals surface area contributed by atoms with Crippen LogP contribution < -0.4 is 4.74 Å². The van der Waals surface area contributed by atoms with Crippen molar-refractivity contribution in [2.45, 2.75) is 25.7 Å². The van der Waals surface area contributed by atoms with Crippen molar-refractivity contribution in [2.24, 2.45) is 5.41 Å². The molecule has 0 radical (unpaired) electrons. The molecule has 1 aromatic rings. The van der Waals surface area contributed by atoms with Crippen LogP contribution in [0.3, 0.4) is 0 Å². The van der Waals surface area contributed by atoms with Gasteiger partial charge in [-0.05, 0) is 25.0 Å². The lowest BCUT2D eigenvalue weighted by Crippen LogP contribution is -2.32. The van der Waals surface area contributed by atoms with E-state index in [4.69, 9.17) is 15.4 Å². The fourth-order valence-corrected chi connectivity index (χ4v) is 4.46. The van der Waals surface area contributed by atoms with Crippen molar-refractivity contribution in [2.75, 3.05) is 12.4 Å². The van der Waals surface area contributed by atoms with E-state index in [9.17, 15) is 17.2 Å². The molecule has 3 nitrogen and oxygen atoms in total. The van der Waals surface area contributed by atoms with E-state index in [1.54, 1.807) is 0 Å². The molecule has 1 fully saturated rings. The van der Waals surface area contributed by atoms with Crippen molar-refractivity contribution in [3.8, 4) is 5.75 Å². The third-order valence-electron chi connectivity index (χ3n) is 3.58. The van der Waals surface area contributed by atoms with Crippen LogP contribution in [-0.2, 0) is 9.05 Å². The standard InChI is InChI=1S/C13H15ClF2O3S/c14-20(17,18)9-13(6-1-2-7-13)8-19-12-10(15)4-3-5-11(12)16/h3-5H,1-2,6-9H2. The largest absolute Gasteiger partial charge is 0.487 e. The second-order valence-electron chi connectivity index (χ2n) is 5.23. The molecule has 0 amide bonds. The van der Waals surface area contributed by atoms with Gasteiger partial charge in [0.2, 0.25) is 9.05 Å². The number of para-hydroxylation sites is 1. The van der Waals surface area contributed by atoms with E-state index in [2.05, 4.69) is 0 Å². The molecule has 0 spiro atoms. The van der Waals surface area contributed by atoms with Gasteiger partial charge in [-0.2, -0.15) is 0 Å². The molecule has 0 saturated heterocycles. The van der Waals surface area contributed by atoms with E-state index in [1.807, 2.05) is 0 Å². The summed E-state index contributed by atoms with van der Waals surface area (Å²) in [6, 6.07) is 3.43. The SMILES string of the molecule is O=S(=O)(Cl)CC1(COc2c(F)cccc2F)CCCC1. The normalized spacial score (nSPS) is 18.1. The van der Waals surface area contributed by atoms with Crippen LogP contribution in [0, 0.1) is 17.0 Å². The molecule has 0 N–H and O–H groups in total. The third-order valence-corrected chi connectivity index (χ3v) is 4.87. The van der Waals surface area contributed by atoms with Crippen LogP contribution in [0.5, 0.6) is 5.75 Å². The second kappa shape index (κ2) is 5.85. The van der Waals surface area contributed by atoms with Crippen molar-refractivity contribution in [3.63, 3.8) is 0 Å². The molecule has 20 heavy (non-hydrogen) atoms. The van der Waals surface area contributed by atoms with Gasteiger partial charge >= 0.3 is 0 Å². The number of rotatable bonds is 5. The Morgan fingerprint density at radius 1 is 1.20 bits per heavy atom. The Kier molecular flexibility index (Phi) is 4.54. The van der Waals surface area contributed by atoms with Gasteiger partial charge in [-0.25, -0.2) is 17.2 Å². The number of benzene rings is 1. The summed E-state index contributed by atoms with van der Waals surface area (Å²) < 4.78 is 54.8. The zero-order valence-corrected chi connectivity index (χ0v) is 12.3. The molecule has 0 heterocycles. The maximum Gasteiger partial charge on any atom is 0.233 e. The first-order chi connectivity index (χ1) is 9.31. The van der Waals surface area contributed by atoms with Crippen molar-refractivity contribution >= 4 is 19.7 Å². The Balaban J connectivity index is 2.14. The van der Waals surface area contributed by atoms with Crippen LogP contribution in [0.25, 0.3) is 0 Å². The first-order valence-corrected chi connectivity index (χ1v) is 8.78. The molecule has 0 unspecified atom stereocenters. The lowest BCUT2D eigenvalue weighted by Gasteiger charge is -2.27. The van der Waals surface area contributed by atoms with E-state index in [-0.39, 0.29) is 12.4 Å². The zero-order valence-electron chi connectivity index (χ0n) is 10.7. The summed E-state index contributed by atoms with van der Waals surface area (Å²) in [5.74, 6) is -2.30. The maximum atomic E-state index is 13.5. The average Bonchev–Trinajstić information content (AvgIpc) is 2.75. The van der Waals surface area contributed by atoms with Crippen molar-refractivity contribution < 1.29 is 21.9 Å². The fraction of sp³-hybridized carbons (Fsp3) is 0.538. The minimum atomic E-state index is -3.69. The number of hydrogen-bond acceptors (Lipinski definition) is 3. The molecular weight excluding hydrogens is 310 g/mol. The lowest BCUT2D eigenvalue weighted by molar-refractivity contribution is 0.160. The van der Waals surface area contributed by atoms with Crippen LogP contribution in [0.1, 0.15) is 25.7 Å². The summed E-state index contributed by atoms with van der Waals surface area (Å²) >= 11 is 0. The molecule has 7 heteroatoms. The lowest BCUT2D eigenvalue weighted by atomic mass is 9.90. The van der Waals surface area contributed by atoms with E-state index in [1.165, 1.54) is 6.07 Å². The number of ether oxygens (including phenoxy) is 1. The molecule has 0 bridgehead atoms. The Morgan fingerprint density at radius 3 is 2.25 bits per heavy atom. The second-order valence-corrected chi connectivity index (χ2v) is 8.01. The summed E-state index contributed by atoms with van der Waals surface area (Å²) in [7, 11) is 1.63. The predicted octanol–water partition coefficient (Wildman–Crippen LogP) is 3.47. The van der Waals surface area contributed by atoms with Crippen LogP contribution in [-0.4, -0.2) is 20.8 Å². The van der Waals surface area contributed by atoms with Gasteiger partial charge in [-0.15, -0.1) is 0 Å². The smallest absolute Gasteiger partial charge is 0.233 e. The topological polar surface area (TPSA) is 43.4 Å². The molecule has 0 atom stereocenters. The van der Waals surface area contributed by atoms with E-state index < -0.39 is 31.8 Å². The molecule has 1 aliphatic rings. The molecule has 0 aromatic heterocycles. The first-order valence-electron chi connectivity index (χ1n) is 6.31. The Bertz CT molecular complexity index is 563. The van der Waals surface area contributed by atoms with Gasteiger partial charge in [0.15, 0.2) is 17.4 Å². The summed E-state index contributed by atoms with van der Waals surface area (Å²) in [5.41, 5.74) is -0.657.